The van der Waals surface area contributed by atoms with Gasteiger partial charge in [-0.1, -0.05) is 28.9 Å². The van der Waals surface area contributed by atoms with Crippen molar-refractivity contribution < 1.29 is 0 Å². The van der Waals surface area contributed by atoms with Gasteiger partial charge in [0.2, 0.25) is 0 Å². The smallest absolute Gasteiger partial charge is 0.0178 e. The highest BCUT2D eigenvalue weighted by atomic mass is 79.9. The summed E-state index contributed by atoms with van der Waals surface area (Å²) in [5, 5.41) is 0. The van der Waals surface area contributed by atoms with Crippen LogP contribution in [0.2, 0.25) is 0 Å². The van der Waals surface area contributed by atoms with Gasteiger partial charge in [-0.15, -0.1) is 0 Å². The van der Waals surface area contributed by atoms with Gasteiger partial charge in [0.25, 0.3) is 0 Å². The van der Waals surface area contributed by atoms with E-state index >= 15 is 0 Å². The molecule has 1 aromatic rings. The predicted molar refractivity (Wildman–Crippen MR) is 55.5 cm³/mol. The zero-order valence-electron chi connectivity index (χ0n) is 7.52. The van der Waals surface area contributed by atoms with Crippen molar-refractivity contribution in [3.8, 4) is 0 Å². The summed E-state index contributed by atoms with van der Waals surface area (Å²) in [7, 11) is 0. The fraction of sp³-hybridized carbons (Fsp3) is 0.455. The Labute approximate surface area is 82.1 Å². The van der Waals surface area contributed by atoms with Crippen LogP contribution >= 0.6 is 15.9 Å². The Bertz CT molecular complexity index is 311. The van der Waals surface area contributed by atoms with Gasteiger partial charge in [-0.3, -0.25) is 0 Å². The molecule has 1 heteroatoms. The largest absolute Gasteiger partial charge is 0.0571 e. The summed E-state index contributed by atoms with van der Waals surface area (Å²) in [5.41, 5.74) is 3.46. The molecule has 2 rings (SSSR count). The van der Waals surface area contributed by atoms with Crippen LogP contribution in [0.1, 0.15) is 30.9 Å². The lowest BCUT2D eigenvalue weighted by Crippen LogP contribution is -2.01. The SMILES string of the molecule is Cc1cc(Br)ccc1C1(C)CC1. The van der Waals surface area contributed by atoms with E-state index in [-0.39, 0.29) is 0 Å². The van der Waals surface area contributed by atoms with Crippen molar-refractivity contribution >= 4 is 15.9 Å². The first kappa shape index (κ1) is 8.31. The fourth-order valence-corrected chi connectivity index (χ4v) is 2.24. The van der Waals surface area contributed by atoms with Crippen LogP contribution in [-0.4, -0.2) is 0 Å². The van der Waals surface area contributed by atoms with Crippen LogP contribution < -0.4 is 0 Å². The van der Waals surface area contributed by atoms with Gasteiger partial charge < -0.3 is 0 Å². The molecule has 0 heterocycles. The zero-order chi connectivity index (χ0) is 8.77. The summed E-state index contributed by atoms with van der Waals surface area (Å²) >= 11 is 3.48. The molecule has 1 saturated carbocycles. The van der Waals surface area contributed by atoms with Crippen molar-refractivity contribution in [3.05, 3.63) is 33.8 Å². The van der Waals surface area contributed by atoms with Gasteiger partial charge in [0.05, 0.1) is 0 Å². The monoisotopic (exact) mass is 224 g/mol. The van der Waals surface area contributed by atoms with Gasteiger partial charge >= 0.3 is 0 Å². The van der Waals surface area contributed by atoms with Crippen molar-refractivity contribution in [1.29, 1.82) is 0 Å². The number of aryl methyl sites for hydroxylation is 1. The van der Waals surface area contributed by atoms with E-state index in [1.165, 1.54) is 28.4 Å². The molecule has 1 aliphatic rings. The van der Waals surface area contributed by atoms with E-state index in [1.807, 2.05) is 0 Å². The third-order valence-electron chi connectivity index (χ3n) is 2.84. The summed E-state index contributed by atoms with van der Waals surface area (Å²) in [6.07, 6.45) is 2.71. The van der Waals surface area contributed by atoms with E-state index in [4.69, 9.17) is 0 Å². The average Bonchev–Trinajstić information content (AvgIpc) is 2.68. The highest BCUT2D eigenvalue weighted by Gasteiger charge is 2.39. The minimum absolute atomic E-state index is 0.505. The Hall–Kier alpha value is -0.300. The van der Waals surface area contributed by atoms with E-state index in [0.717, 1.165) is 0 Å². The van der Waals surface area contributed by atoms with Crippen molar-refractivity contribution in [2.75, 3.05) is 0 Å². The Morgan fingerprint density at radius 1 is 1.33 bits per heavy atom. The second kappa shape index (κ2) is 2.59. The molecule has 12 heavy (non-hydrogen) atoms. The number of hydrogen-bond acceptors (Lipinski definition) is 0. The third-order valence-corrected chi connectivity index (χ3v) is 3.33. The molecule has 0 bridgehead atoms. The lowest BCUT2D eigenvalue weighted by atomic mass is 9.94. The van der Waals surface area contributed by atoms with Crippen LogP contribution in [0.5, 0.6) is 0 Å². The molecule has 0 atom stereocenters. The van der Waals surface area contributed by atoms with Crippen molar-refractivity contribution in [1.82, 2.24) is 0 Å². The zero-order valence-corrected chi connectivity index (χ0v) is 9.11. The fourth-order valence-electron chi connectivity index (χ4n) is 1.76. The minimum atomic E-state index is 0.505. The Morgan fingerprint density at radius 2 is 2.00 bits per heavy atom. The molecule has 0 nitrogen and oxygen atoms in total. The molecule has 1 aromatic carbocycles. The Morgan fingerprint density at radius 3 is 2.50 bits per heavy atom. The Balaban J connectivity index is 2.45. The van der Waals surface area contributed by atoms with Gasteiger partial charge in [-0.05, 0) is 48.4 Å². The maximum Gasteiger partial charge on any atom is 0.0178 e. The first-order valence-electron chi connectivity index (χ1n) is 4.38. The number of halogens is 1. The number of hydrogen-bond donors (Lipinski definition) is 0. The van der Waals surface area contributed by atoms with E-state index in [9.17, 15) is 0 Å². The molecule has 0 radical (unpaired) electrons. The molecule has 1 aliphatic carbocycles. The van der Waals surface area contributed by atoms with Gasteiger partial charge in [-0.25, -0.2) is 0 Å². The van der Waals surface area contributed by atoms with Crippen LogP contribution in [0.25, 0.3) is 0 Å². The molecule has 64 valence electrons. The summed E-state index contributed by atoms with van der Waals surface area (Å²) in [6.45, 7) is 4.55. The molecule has 0 saturated heterocycles. The van der Waals surface area contributed by atoms with E-state index in [0.29, 0.717) is 5.41 Å². The second-order valence-corrected chi connectivity index (χ2v) is 4.94. The molecule has 0 unspecified atom stereocenters. The quantitative estimate of drug-likeness (QED) is 0.681. The lowest BCUT2D eigenvalue weighted by Gasteiger charge is -2.12. The van der Waals surface area contributed by atoms with Crippen molar-refractivity contribution in [3.63, 3.8) is 0 Å². The summed E-state index contributed by atoms with van der Waals surface area (Å²) in [4.78, 5) is 0. The third kappa shape index (κ3) is 1.31. The van der Waals surface area contributed by atoms with E-state index in [2.05, 4.69) is 48.0 Å². The van der Waals surface area contributed by atoms with Crippen LogP contribution in [0, 0.1) is 6.92 Å². The Kier molecular flexibility index (Phi) is 1.80. The van der Waals surface area contributed by atoms with Gasteiger partial charge in [-0.2, -0.15) is 0 Å². The van der Waals surface area contributed by atoms with Gasteiger partial charge in [0, 0.05) is 4.47 Å². The first-order chi connectivity index (χ1) is 5.62. The molecular weight excluding hydrogens is 212 g/mol. The van der Waals surface area contributed by atoms with Crippen LogP contribution in [0.3, 0.4) is 0 Å². The van der Waals surface area contributed by atoms with Crippen molar-refractivity contribution in [2.24, 2.45) is 0 Å². The molecule has 0 N–H and O–H groups in total. The molecule has 1 fully saturated rings. The number of rotatable bonds is 1. The van der Waals surface area contributed by atoms with Crippen LogP contribution in [-0.2, 0) is 5.41 Å². The maximum absolute atomic E-state index is 3.48. The van der Waals surface area contributed by atoms with E-state index < -0.39 is 0 Å². The standard InChI is InChI=1S/C11H13Br/c1-8-7-9(12)3-4-10(8)11(2)5-6-11/h3-4,7H,5-6H2,1-2H3. The highest BCUT2D eigenvalue weighted by Crippen LogP contribution is 2.48. The van der Waals surface area contributed by atoms with Crippen LogP contribution in [0.4, 0.5) is 0 Å². The molecule has 0 aromatic heterocycles. The van der Waals surface area contributed by atoms with Gasteiger partial charge in [0.15, 0.2) is 0 Å². The van der Waals surface area contributed by atoms with Crippen LogP contribution in [0.15, 0.2) is 22.7 Å². The lowest BCUT2D eigenvalue weighted by molar-refractivity contribution is 0.779. The molecule has 0 amide bonds. The predicted octanol–water partition coefficient (Wildman–Crippen LogP) is 3.81. The summed E-state index contributed by atoms with van der Waals surface area (Å²) < 4.78 is 1.19. The normalized spacial score (nSPS) is 19.2. The van der Waals surface area contributed by atoms with Crippen molar-refractivity contribution in [2.45, 2.75) is 32.1 Å². The second-order valence-electron chi connectivity index (χ2n) is 4.02. The van der Waals surface area contributed by atoms with E-state index in [1.54, 1.807) is 0 Å². The first-order valence-corrected chi connectivity index (χ1v) is 5.18. The highest BCUT2D eigenvalue weighted by molar-refractivity contribution is 9.10. The topological polar surface area (TPSA) is 0 Å². The molecular formula is C11H13Br. The molecule has 0 spiro atoms. The minimum Gasteiger partial charge on any atom is -0.0571 e. The summed E-state index contributed by atoms with van der Waals surface area (Å²) in [5.74, 6) is 0. The number of benzene rings is 1. The average molecular weight is 225 g/mol. The van der Waals surface area contributed by atoms with Gasteiger partial charge in [0.1, 0.15) is 0 Å². The summed E-state index contributed by atoms with van der Waals surface area (Å²) in [6, 6.07) is 6.61. The molecule has 0 aliphatic heterocycles. The maximum atomic E-state index is 3.48.